The predicted molar refractivity (Wildman–Crippen MR) is 121 cm³/mol. The van der Waals surface area contributed by atoms with E-state index in [0.29, 0.717) is 0 Å². The van der Waals surface area contributed by atoms with Gasteiger partial charge in [-0.3, -0.25) is 0 Å². The lowest BCUT2D eigenvalue weighted by Gasteiger charge is -2.09. The van der Waals surface area contributed by atoms with Crippen molar-refractivity contribution >= 4 is 19.9 Å². The Hall–Kier alpha value is -2.58. The van der Waals surface area contributed by atoms with Crippen molar-refractivity contribution in [2.24, 2.45) is 0 Å². The fourth-order valence-electron chi connectivity index (χ4n) is 2.58. The van der Waals surface area contributed by atoms with Crippen LogP contribution in [0.15, 0.2) is 84.9 Å². The molecule has 150 valence electrons. The highest BCUT2D eigenvalue weighted by atomic mass is 31.1. The molecule has 0 saturated carbocycles. The lowest BCUT2D eigenvalue weighted by atomic mass is 9.95. The molecule has 1 atom stereocenters. The zero-order chi connectivity index (χ0) is 20.9. The number of rotatable bonds is 7. The molecule has 0 radical (unpaired) electrons. The summed E-state index contributed by atoms with van der Waals surface area (Å²) in [5, 5.41) is 0. The Kier molecular flexibility index (Phi) is 10.0. The monoisotopic (exact) mass is 407 g/mol. The molecule has 0 heterocycles. The largest absolute Gasteiger partial charge is 0.695 e. The highest BCUT2D eigenvalue weighted by Gasteiger charge is 2.11. The van der Waals surface area contributed by atoms with Gasteiger partial charge in [0, 0.05) is 4.57 Å². The van der Waals surface area contributed by atoms with Gasteiger partial charge in [-0.05, 0) is 33.9 Å². The lowest BCUT2D eigenvalue weighted by molar-refractivity contribution is 0.272. The SMILES string of the molecule is CCCC.O=[P+](O)OCc1ccc(C=C(c2ccccc2)c2ccccc2)cc1. The zero-order valence-electron chi connectivity index (χ0n) is 17.0. The van der Waals surface area contributed by atoms with Crippen LogP contribution in [-0.4, -0.2) is 4.89 Å². The molecule has 4 heteroatoms. The number of hydrogen-bond acceptors (Lipinski definition) is 2. The first-order valence-electron chi connectivity index (χ1n) is 9.84. The van der Waals surface area contributed by atoms with Crippen molar-refractivity contribution < 1.29 is 14.0 Å². The molecule has 0 bridgehead atoms. The molecule has 1 unspecified atom stereocenters. The third kappa shape index (κ3) is 8.13. The molecule has 3 aromatic rings. The van der Waals surface area contributed by atoms with E-state index in [1.54, 1.807) is 0 Å². The van der Waals surface area contributed by atoms with E-state index >= 15 is 0 Å². The van der Waals surface area contributed by atoms with Gasteiger partial charge in [-0.1, -0.05) is 112 Å². The molecule has 3 aromatic carbocycles. The average Bonchev–Trinajstić information content (AvgIpc) is 2.78. The Bertz CT molecular complexity index is 845. The molecule has 0 spiro atoms. The summed E-state index contributed by atoms with van der Waals surface area (Å²) >= 11 is 0. The van der Waals surface area contributed by atoms with E-state index in [1.807, 2.05) is 60.7 Å². The van der Waals surface area contributed by atoms with Crippen LogP contribution in [0.25, 0.3) is 11.6 Å². The molecule has 0 aliphatic carbocycles. The Morgan fingerprint density at radius 1 is 0.828 bits per heavy atom. The van der Waals surface area contributed by atoms with E-state index in [9.17, 15) is 4.57 Å². The molecular formula is C25H28O3P+. The summed E-state index contributed by atoms with van der Waals surface area (Å²) in [6, 6.07) is 28.3. The van der Waals surface area contributed by atoms with Crippen LogP contribution in [0.3, 0.4) is 0 Å². The molecule has 3 rings (SSSR count). The smallest absolute Gasteiger partial charge is 0.133 e. The van der Waals surface area contributed by atoms with Gasteiger partial charge in [0.1, 0.15) is 6.61 Å². The second kappa shape index (κ2) is 12.8. The third-order valence-corrected chi connectivity index (χ3v) is 4.65. The molecule has 1 N–H and O–H groups in total. The van der Waals surface area contributed by atoms with Crippen LogP contribution in [0.1, 0.15) is 48.9 Å². The molecule has 0 amide bonds. The van der Waals surface area contributed by atoms with E-state index < -0.39 is 8.25 Å². The van der Waals surface area contributed by atoms with Gasteiger partial charge in [0.25, 0.3) is 0 Å². The summed E-state index contributed by atoms with van der Waals surface area (Å²) in [6.45, 7) is 4.49. The van der Waals surface area contributed by atoms with Crippen LogP contribution >= 0.6 is 8.25 Å². The van der Waals surface area contributed by atoms with Crippen molar-refractivity contribution in [3.05, 3.63) is 107 Å². The van der Waals surface area contributed by atoms with Gasteiger partial charge in [-0.2, -0.15) is 0 Å². The van der Waals surface area contributed by atoms with Gasteiger partial charge in [0.2, 0.25) is 0 Å². The minimum absolute atomic E-state index is 0.125. The first-order chi connectivity index (χ1) is 14.1. The van der Waals surface area contributed by atoms with Gasteiger partial charge in [0.05, 0.1) is 0 Å². The maximum Gasteiger partial charge on any atom is 0.695 e. The summed E-state index contributed by atoms with van der Waals surface area (Å²) < 4.78 is 15.4. The summed E-state index contributed by atoms with van der Waals surface area (Å²) in [5.41, 5.74) is 5.36. The van der Waals surface area contributed by atoms with Crippen molar-refractivity contribution in [2.75, 3.05) is 0 Å². The normalized spacial score (nSPS) is 10.5. The number of unbranched alkanes of at least 4 members (excludes halogenated alkanes) is 1. The van der Waals surface area contributed by atoms with Crippen LogP contribution in [0, 0.1) is 0 Å². The molecule has 0 aliphatic heterocycles. The van der Waals surface area contributed by atoms with E-state index in [1.165, 1.54) is 12.8 Å². The second-order valence-corrected chi connectivity index (χ2v) is 7.28. The number of hydrogen-bond donors (Lipinski definition) is 1. The van der Waals surface area contributed by atoms with E-state index in [0.717, 1.165) is 27.8 Å². The first-order valence-corrected chi connectivity index (χ1v) is 11.0. The third-order valence-electron chi connectivity index (χ3n) is 4.30. The van der Waals surface area contributed by atoms with Gasteiger partial charge in [-0.25, -0.2) is 0 Å². The minimum atomic E-state index is -2.57. The summed E-state index contributed by atoms with van der Waals surface area (Å²) in [6.07, 6.45) is 4.78. The van der Waals surface area contributed by atoms with Crippen molar-refractivity contribution in [1.82, 2.24) is 0 Å². The Morgan fingerprint density at radius 3 is 1.72 bits per heavy atom. The van der Waals surface area contributed by atoms with Crippen molar-refractivity contribution in [2.45, 2.75) is 33.3 Å². The summed E-state index contributed by atoms with van der Waals surface area (Å²) in [5.74, 6) is 0. The second-order valence-electron chi connectivity index (χ2n) is 6.54. The van der Waals surface area contributed by atoms with Gasteiger partial charge < -0.3 is 0 Å². The lowest BCUT2D eigenvalue weighted by Crippen LogP contribution is -1.89. The van der Waals surface area contributed by atoms with E-state index in [4.69, 9.17) is 9.42 Å². The Balaban J connectivity index is 0.000000687. The van der Waals surface area contributed by atoms with Gasteiger partial charge in [0.15, 0.2) is 0 Å². The van der Waals surface area contributed by atoms with E-state index in [-0.39, 0.29) is 6.61 Å². The standard InChI is InChI=1S/C21H17O3P.C4H10/c22-25(23)24-16-18-13-11-17(12-14-18)15-21(19-7-3-1-4-8-19)20-9-5-2-6-10-20;1-3-4-2/h1-15H,16H2;3-4H2,1-2H3/p+1. The van der Waals surface area contributed by atoms with Crippen LogP contribution in [0.4, 0.5) is 0 Å². The van der Waals surface area contributed by atoms with Crippen LogP contribution < -0.4 is 0 Å². The first kappa shape index (κ1) is 22.7. The molecule has 0 aliphatic rings. The average molecular weight is 407 g/mol. The van der Waals surface area contributed by atoms with Crippen molar-refractivity contribution in [1.29, 1.82) is 0 Å². The number of benzene rings is 3. The zero-order valence-corrected chi connectivity index (χ0v) is 17.9. The maximum atomic E-state index is 10.6. The molecule has 0 aromatic heterocycles. The maximum absolute atomic E-state index is 10.6. The quantitative estimate of drug-likeness (QED) is 0.331. The molecule has 0 fully saturated rings. The molecule has 3 nitrogen and oxygen atoms in total. The topological polar surface area (TPSA) is 46.5 Å². The fourth-order valence-corrected chi connectivity index (χ4v) is 2.83. The highest BCUT2D eigenvalue weighted by Crippen LogP contribution is 2.26. The fraction of sp³-hybridized carbons (Fsp3) is 0.200. The minimum Gasteiger partial charge on any atom is -0.133 e. The van der Waals surface area contributed by atoms with Crippen LogP contribution in [0.2, 0.25) is 0 Å². The van der Waals surface area contributed by atoms with Crippen molar-refractivity contribution in [3.63, 3.8) is 0 Å². The summed E-state index contributed by atoms with van der Waals surface area (Å²) in [4.78, 5) is 8.72. The van der Waals surface area contributed by atoms with E-state index in [2.05, 4.69) is 44.2 Å². The Labute approximate surface area is 174 Å². The molecule has 29 heavy (non-hydrogen) atoms. The Morgan fingerprint density at radius 2 is 1.31 bits per heavy atom. The van der Waals surface area contributed by atoms with Gasteiger partial charge in [-0.15, -0.1) is 9.42 Å². The van der Waals surface area contributed by atoms with Gasteiger partial charge >= 0.3 is 8.25 Å². The predicted octanol–water partition coefficient (Wildman–Crippen LogP) is 7.25. The molecule has 0 saturated heterocycles. The van der Waals surface area contributed by atoms with Crippen LogP contribution in [-0.2, 0) is 15.7 Å². The van der Waals surface area contributed by atoms with Crippen LogP contribution in [0.5, 0.6) is 0 Å². The molecular weight excluding hydrogens is 379 g/mol. The van der Waals surface area contributed by atoms with Crippen molar-refractivity contribution in [3.8, 4) is 0 Å². The highest BCUT2D eigenvalue weighted by molar-refractivity contribution is 7.32. The summed E-state index contributed by atoms with van der Waals surface area (Å²) in [7, 11) is -2.57.